The Balaban J connectivity index is 1.54. The first-order chi connectivity index (χ1) is 17.4. The van der Waals surface area contributed by atoms with Gasteiger partial charge >= 0.3 is 0 Å². The molecule has 0 spiro atoms. The number of carbonyl (C=O) groups excluding carboxylic acids is 1. The van der Waals surface area contributed by atoms with Crippen molar-refractivity contribution >= 4 is 29.3 Å². The van der Waals surface area contributed by atoms with Gasteiger partial charge in [-0.05, 0) is 69.1 Å². The van der Waals surface area contributed by atoms with E-state index in [9.17, 15) is 4.79 Å². The number of nitrogens with zero attached hydrogens (tertiary/aromatic N) is 2. The van der Waals surface area contributed by atoms with Crippen LogP contribution in [0.2, 0.25) is 0 Å². The van der Waals surface area contributed by atoms with Crippen LogP contribution < -0.4 is 5.32 Å². The Kier molecular flexibility index (Phi) is 11.6. The second-order valence-electron chi connectivity index (χ2n) is 10.4. The van der Waals surface area contributed by atoms with Crippen molar-refractivity contribution in [2.24, 2.45) is 15.9 Å². The molecule has 194 valence electrons. The molecule has 5 heteroatoms. The molecular formula is C31H43N3OS. The van der Waals surface area contributed by atoms with Crippen molar-refractivity contribution < 1.29 is 4.79 Å². The predicted molar refractivity (Wildman–Crippen MR) is 156 cm³/mol. The maximum atomic E-state index is 12.7. The number of rotatable bonds is 13. The number of nitrogens with one attached hydrogen (secondary N) is 1. The Morgan fingerprint density at radius 1 is 1.06 bits per heavy atom. The summed E-state index contributed by atoms with van der Waals surface area (Å²) in [5.41, 5.74) is 3.69. The molecule has 1 aliphatic heterocycles. The van der Waals surface area contributed by atoms with Gasteiger partial charge < -0.3 is 5.32 Å². The number of hydrogen-bond donors (Lipinski definition) is 1. The van der Waals surface area contributed by atoms with E-state index in [4.69, 9.17) is 4.99 Å². The van der Waals surface area contributed by atoms with Gasteiger partial charge in [-0.3, -0.25) is 4.79 Å². The summed E-state index contributed by atoms with van der Waals surface area (Å²) >= 11 is 1.62. The summed E-state index contributed by atoms with van der Waals surface area (Å²) < 4.78 is 0. The average Bonchev–Trinajstić information content (AvgIpc) is 3.04. The Hall–Kier alpha value is -2.53. The van der Waals surface area contributed by atoms with Crippen molar-refractivity contribution in [3.63, 3.8) is 0 Å². The molecule has 1 aliphatic carbocycles. The monoisotopic (exact) mass is 505 g/mol. The Bertz CT molecular complexity index is 1050. The van der Waals surface area contributed by atoms with Crippen LogP contribution in [-0.2, 0) is 6.42 Å². The second kappa shape index (κ2) is 14.9. The van der Waals surface area contributed by atoms with E-state index in [2.05, 4.69) is 68.4 Å². The van der Waals surface area contributed by atoms with Crippen LogP contribution in [0.3, 0.4) is 0 Å². The van der Waals surface area contributed by atoms with Gasteiger partial charge in [0, 0.05) is 35.3 Å². The molecule has 1 aromatic rings. The van der Waals surface area contributed by atoms with Crippen LogP contribution in [0.25, 0.3) is 0 Å². The van der Waals surface area contributed by atoms with Gasteiger partial charge in [0.1, 0.15) is 0 Å². The van der Waals surface area contributed by atoms with Crippen molar-refractivity contribution in [2.45, 2.75) is 97.9 Å². The number of aliphatic imine (C=N–C) groups is 2. The van der Waals surface area contributed by atoms with Gasteiger partial charge in [-0.2, -0.15) is 0 Å². The molecule has 1 amide bonds. The molecule has 0 radical (unpaired) electrons. The zero-order chi connectivity index (χ0) is 25.8. The van der Waals surface area contributed by atoms with Crippen LogP contribution in [-0.4, -0.2) is 24.0 Å². The summed E-state index contributed by atoms with van der Waals surface area (Å²) in [6, 6.07) is 4.13. The molecule has 2 aliphatic rings. The lowest BCUT2D eigenvalue weighted by Gasteiger charge is -2.14. The molecule has 0 fully saturated rings. The number of amidine groups is 1. The van der Waals surface area contributed by atoms with E-state index >= 15 is 0 Å². The van der Waals surface area contributed by atoms with Gasteiger partial charge in [-0.1, -0.05) is 69.9 Å². The lowest BCUT2D eigenvalue weighted by atomic mass is 10.0. The van der Waals surface area contributed by atoms with E-state index in [0.29, 0.717) is 5.92 Å². The first kappa shape index (κ1) is 28.0. The lowest BCUT2D eigenvalue weighted by Crippen LogP contribution is -2.32. The number of aryl methyl sites for hydroxylation is 1. The Morgan fingerprint density at radius 3 is 2.72 bits per heavy atom. The molecule has 0 aromatic carbocycles. The molecule has 1 atom stereocenters. The minimum Gasteiger partial charge on any atom is -0.349 e. The fourth-order valence-corrected chi connectivity index (χ4v) is 5.28. The van der Waals surface area contributed by atoms with Crippen LogP contribution in [0.1, 0.15) is 100 Å². The number of amides is 1. The van der Waals surface area contributed by atoms with Gasteiger partial charge in [-0.15, -0.1) is 11.3 Å². The minimum absolute atomic E-state index is 0.0312. The van der Waals surface area contributed by atoms with Crippen LogP contribution >= 0.6 is 11.3 Å². The van der Waals surface area contributed by atoms with Crippen molar-refractivity contribution in [3.05, 3.63) is 69.1 Å². The van der Waals surface area contributed by atoms with Gasteiger partial charge in [0.15, 0.2) is 5.84 Å². The molecule has 4 nitrogen and oxygen atoms in total. The van der Waals surface area contributed by atoms with Crippen LogP contribution in [0.4, 0.5) is 0 Å². The Morgan fingerprint density at radius 2 is 1.92 bits per heavy atom. The third kappa shape index (κ3) is 9.50. The van der Waals surface area contributed by atoms with E-state index in [1.165, 1.54) is 41.7 Å². The minimum atomic E-state index is 0.0312. The maximum Gasteiger partial charge on any atom is 0.261 e. The molecular weight excluding hydrogens is 462 g/mol. The first-order valence-electron chi connectivity index (χ1n) is 13.7. The van der Waals surface area contributed by atoms with Gasteiger partial charge in [0.25, 0.3) is 5.91 Å². The number of thiophene rings is 1. The fraction of sp³-hybridized carbons (Fsp3) is 0.516. The summed E-state index contributed by atoms with van der Waals surface area (Å²) in [5.74, 6) is 1.49. The smallest absolute Gasteiger partial charge is 0.261 e. The topological polar surface area (TPSA) is 53.8 Å². The SMILES string of the molecule is CCCCCCC1=CN=C(C2=CC=C(CC(C)NC(=O)c3ccc(CCC(C)C)s3)CC=C2)N=CC1. The van der Waals surface area contributed by atoms with Crippen LogP contribution in [0.15, 0.2) is 69.3 Å². The highest BCUT2D eigenvalue weighted by molar-refractivity contribution is 7.14. The highest BCUT2D eigenvalue weighted by atomic mass is 32.1. The van der Waals surface area contributed by atoms with E-state index in [-0.39, 0.29) is 11.9 Å². The standard InChI is InChI=1S/C31H43N3OS/c1-5-6-7-8-10-26-19-20-32-30(33-22-26)27-12-9-11-25(14-15-27)21-24(4)34-31(35)29-18-17-28(36-29)16-13-23(2)3/h9,12,14-15,17-18,20,22-24H,5-8,10-11,13,16,19,21H2,1-4H3,(H,34,35). The molecule has 1 aromatic heterocycles. The molecule has 0 saturated heterocycles. The van der Waals surface area contributed by atoms with Gasteiger partial charge in [-0.25, -0.2) is 9.98 Å². The van der Waals surface area contributed by atoms with Gasteiger partial charge in [0.05, 0.1) is 4.88 Å². The summed E-state index contributed by atoms with van der Waals surface area (Å²) in [6.45, 7) is 8.79. The quantitative estimate of drug-likeness (QED) is 0.269. The van der Waals surface area contributed by atoms with E-state index in [0.717, 1.165) is 54.8 Å². The first-order valence-corrected chi connectivity index (χ1v) is 14.5. The van der Waals surface area contributed by atoms with Crippen molar-refractivity contribution in [1.82, 2.24) is 5.32 Å². The third-order valence-electron chi connectivity index (χ3n) is 6.52. The highest BCUT2D eigenvalue weighted by Crippen LogP contribution is 2.22. The number of unbranched alkanes of at least 4 members (excludes halogenated alkanes) is 3. The summed E-state index contributed by atoms with van der Waals surface area (Å²) in [5, 5.41) is 3.19. The molecule has 0 bridgehead atoms. The molecule has 2 heterocycles. The normalized spacial score (nSPS) is 16.6. The number of hydrogen-bond acceptors (Lipinski definition) is 4. The van der Waals surface area contributed by atoms with Crippen molar-refractivity contribution in [2.75, 3.05) is 0 Å². The zero-order valence-electron chi connectivity index (χ0n) is 22.6. The summed E-state index contributed by atoms with van der Waals surface area (Å²) in [6.07, 6.45) is 23.6. The summed E-state index contributed by atoms with van der Waals surface area (Å²) in [7, 11) is 0. The summed E-state index contributed by atoms with van der Waals surface area (Å²) in [4.78, 5) is 24.2. The number of carbonyl (C=O) groups is 1. The van der Waals surface area contributed by atoms with E-state index < -0.39 is 0 Å². The van der Waals surface area contributed by atoms with E-state index in [1.807, 2.05) is 18.5 Å². The molecule has 1 N–H and O–H groups in total. The maximum absolute atomic E-state index is 12.7. The third-order valence-corrected chi connectivity index (χ3v) is 7.67. The lowest BCUT2D eigenvalue weighted by molar-refractivity contribution is 0.0944. The molecule has 1 unspecified atom stereocenters. The van der Waals surface area contributed by atoms with E-state index in [1.54, 1.807) is 11.3 Å². The Labute approximate surface area is 222 Å². The number of allylic oxidation sites excluding steroid dienone is 4. The second-order valence-corrected chi connectivity index (χ2v) is 11.6. The van der Waals surface area contributed by atoms with Gasteiger partial charge in [0.2, 0.25) is 0 Å². The van der Waals surface area contributed by atoms with Crippen molar-refractivity contribution in [1.29, 1.82) is 0 Å². The molecule has 3 rings (SSSR count). The zero-order valence-corrected chi connectivity index (χ0v) is 23.4. The molecule has 0 saturated carbocycles. The fourth-order valence-electron chi connectivity index (χ4n) is 4.36. The van der Waals surface area contributed by atoms with Crippen LogP contribution in [0.5, 0.6) is 0 Å². The van der Waals surface area contributed by atoms with Crippen molar-refractivity contribution in [3.8, 4) is 0 Å². The van der Waals surface area contributed by atoms with Crippen LogP contribution in [0, 0.1) is 5.92 Å². The highest BCUT2D eigenvalue weighted by Gasteiger charge is 2.15. The molecule has 36 heavy (non-hydrogen) atoms. The largest absolute Gasteiger partial charge is 0.349 e. The predicted octanol–water partition coefficient (Wildman–Crippen LogP) is 8.39. The average molecular weight is 506 g/mol.